The molecule has 2 aliphatic rings. The Morgan fingerprint density at radius 3 is 1.66 bits per heavy atom. The highest BCUT2D eigenvalue weighted by Crippen LogP contribution is 2.27. The lowest BCUT2D eigenvalue weighted by molar-refractivity contribution is -0.175. The number of esters is 3. The molecule has 0 aromatic rings. The van der Waals surface area contributed by atoms with Gasteiger partial charge in [-0.3, -0.25) is 14.4 Å². The summed E-state index contributed by atoms with van der Waals surface area (Å²) in [4.78, 5) is 36.8. The molecule has 0 aliphatic carbocycles. The predicted octanol–water partition coefficient (Wildman–Crippen LogP) is 6.69. The number of halogens is 1. The van der Waals surface area contributed by atoms with E-state index in [-0.39, 0.29) is 62.4 Å². The highest BCUT2D eigenvalue weighted by atomic mass is 35.5. The fraction of sp³-hybridized carbons (Fsp3) is 0.921. The van der Waals surface area contributed by atoms with Crippen LogP contribution in [0.3, 0.4) is 0 Å². The van der Waals surface area contributed by atoms with Gasteiger partial charge in [-0.25, -0.2) is 0 Å². The Morgan fingerprint density at radius 1 is 0.800 bits per heavy atom. The molecule has 0 saturated carbocycles. The van der Waals surface area contributed by atoms with E-state index in [0.717, 1.165) is 38.5 Å². The van der Waals surface area contributed by atoms with Gasteiger partial charge >= 0.3 is 17.9 Å². The molecule has 296 valence electrons. The van der Waals surface area contributed by atoms with Gasteiger partial charge < -0.3 is 38.9 Å². The molecule has 8 atom stereocenters. The summed E-state index contributed by atoms with van der Waals surface area (Å²) >= 11 is 0. The monoisotopic (exact) mass is 737 g/mol. The number of nitrogens with two attached hydrogens (primary N) is 1. The SMILES string of the molecule is CCC[C@H]1CCOC[C@H](CC(=O)OC(C)(C)C)C(=O)O[C@@H](C)[C@@H]1OCC(C)C.CCC[C@H]1CCOC[C@H](N)C(=O)O[C@@H](C)[C@@H]1OCC(C)C.Cl. The van der Waals surface area contributed by atoms with Gasteiger partial charge in [0, 0.05) is 26.4 Å². The minimum atomic E-state index is -0.707. The fourth-order valence-electron chi connectivity index (χ4n) is 6.06. The molecule has 0 aromatic carbocycles. The van der Waals surface area contributed by atoms with Gasteiger partial charge in [-0.05, 0) is 84.0 Å². The van der Waals surface area contributed by atoms with Crippen LogP contribution in [-0.2, 0) is 47.5 Å². The molecule has 2 saturated heterocycles. The number of ether oxygens (including phenoxy) is 7. The number of hydrogen-bond donors (Lipinski definition) is 1. The van der Waals surface area contributed by atoms with Crippen LogP contribution in [0.1, 0.15) is 121 Å². The maximum Gasteiger partial charge on any atom is 0.325 e. The lowest BCUT2D eigenvalue weighted by atomic mass is 9.90. The summed E-state index contributed by atoms with van der Waals surface area (Å²) in [5.41, 5.74) is 5.16. The smallest absolute Gasteiger partial charge is 0.325 e. The van der Waals surface area contributed by atoms with E-state index in [9.17, 15) is 14.4 Å². The third-order valence-electron chi connectivity index (χ3n) is 8.37. The average molecular weight is 738 g/mol. The summed E-state index contributed by atoms with van der Waals surface area (Å²) in [7, 11) is 0. The molecule has 0 unspecified atom stereocenters. The number of carbonyl (C=O) groups is 3. The van der Waals surface area contributed by atoms with Crippen molar-refractivity contribution in [3.63, 3.8) is 0 Å². The number of cyclic esters (lactones) is 2. The number of hydrogen-bond acceptors (Lipinski definition) is 11. The Balaban J connectivity index is 0.000000978. The van der Waals surface area contributed by atoms with E-state index >= 15 is 0 Å². The molecule has 2 N–H and O–H groups in total. The molecule has 0 bridgehead atoms. The third-order valence-corrected chi connectivity index (χ3v) is 8.37. The van der Waals surface area contributed by atoms with Crippen molar-refractivity contribution in [3.05, 3.63) is 0 Å². The third kappa shape index (κ3) is 19.9. The molecule has 2 aliphatic heterocycles. The zero-order valence-corrected chi connectivity index (χ0v) is 33.9. The van der Waals surface area contributed by atoms with Crippen LogP contribution in [0, 0.1) is 29.6 Å². The molecule has 2 heterocycles. The van der Waals surface area contributed by atoms with Crippen LogP contribution in [0.5, 0.6) is 0 Å². The standard InChI is InChI=1S/C22H40O6.C16H31NO4.ClH/c1-8-9-17-10-11-25-14-18(12-19(23)28-22(5,6)7)21(24)27-16(4)20(17)26-13-15(2)3;1-5-6-13-7-8-19-10-14(17)16(18)21-12(4)15(13)20-9-11(2)3;/h15-18,20H,8-14H2,1-7H3;11-15H,5-10,17H2,1-4H3;1H/t16-,17-,18-,20-;12-,13-,14-,15-;/m00./s1. The molecule has 50 heavy (non-hydrogen) atoms. The van der Waals surface area contributed by atoms with E-state index in [1.807, 2.05) is 13.8 Å². The van der Waals surface area contributed by atoms with Crippen molar-refractivity contribution in [1.82, 2.24) is 0 Å². The normalized spacial score (nSPS) is 28.8. The summed E-state index contributed by atoms with van der Waals surface area (Å²) in [6, 6.07) is -0.707. The zero-order valence-electron chi connectivity index (χ0n) is 33.0. The molecule has 0 radical (unpaired) electrons. The summed E-state index contributed by atoms with van der Waals surface area (Å²) in [6.45, 7) is 24.8. The van der Waals surface area contributed by atoms with Gasteiger partial charge in [0.1, 0.15) is 23.9 Å². The van der Waals surface area contributed by atoms with Crippen LogP contribution in [0.2, 0.25) is 0 Å². The van der Waals surface area contributed by atoms with Crippen molar-refractivity contribution in [2.45, 2.75) is 157 Å². The molecule has 12 heteroatoms. The van der Waals surface area contributed by atoms with Crippen molar-refractivity contribution in [2.75, 3.05) is 39.6 Å². The van der Waals surface area contributed by atoms with Gasteiger partial charge in [-0.15, -0.1) is 12.4 Å². The van der Waals surface area contributed by atoms with Gasteiger partial charge in [0.15, 0.2) is 0 Å². The second kappa shape index (κ2) is 25.5. The number of carbonyl (C=O) groups excluding carboxylic acids is 3. The molecule has 11 nitrogen and oxygen atoms in total. The van der Waals surface area contributed by atoms with E-state index < -0.39 is 35.5 Å². The Kier molecular flexibility index (Phi) is 24.7. The second-order valence-electron chi connectivity index (χ2n) is 15.6. The molecule has 0 aromatic heterocycles. The zero-order chi connectivity index (χ0) is 37.1. The fourth-order valence-corrected chi connectivity index (χ4v) is 6.06. The minimum Gasteiger partial charge on any atom is -0.460 e. The average Bonchev–Trinajstić information content (AvgIpc) is 2.98. The van der Waals surface area contributed by atoms with E-state index in [0.29, 0.717) is 44.2 Å². The lowest BCUT2D eigenvalue weighted by Crippen LogP contribution is -2.45. The first-order chi connectivity index (χ1) is 23.0. The van der Waals surface area contributed by atoms with Crippen molar-refractivity contribution in [3.8, 4) is 0 Å². The maximum atomic E-state index is 12.7. The Labute approximate surface area is 309 Å². The van der Waals surface area contributed by atoms with Crippen LogP contribution in [0.15, 0.2) is 0 Å². The van der Waals surface area contributed by atoms with Gasteiger partial charge in [0.05, 0.1) is 37.8 Å². The van der Waals surface area contributed by atoms with Crippen LogP contribution in [0.25, 0.3) is 0 Å². The molecule has 0 spiro atoms. The maximum absolute atomic E-state index is 12.7. The Morgan fingerprint density at radius 2 is 1.24 bits per heavy atom. The number of rotatable bonds is 12. The van der Waals surface area contributed by atoms with Crippen LogP contribution in [-0.4, -0.2) is 93.6 Å². The Hall–Kier alpha value is -1.50. The summed E-state index contributed by atoms with van der Waals surface area (Å²) in [6.07, 6.45) is 4.94. The largest absolute Gasteiger partial charge is 0.460 e. The van der Waals surface area contributed by atoms with Crippen molar-refractivity contribution in [2.24, 2.45) is 35.3 Å². The van der Waals surface area contributed by atoms with E-state index in [1.54, 1.807) is 20.8 Å². The summed E-state index contributed by atoms with van der Waals surface area (Å²) in [5, 5.41) is 0. The van der Waals surface area contributed by atoms with E-state index in [2.05, 4.69) is 41.5 Å². The van der Waals surface area contributed by atoms with Crippen molar-refractivity contribution in [1.29, 1.82) is 0 Å². The van der Waals surface area contributed by atoms with Gasteiger partial charge in [0.2, 0.25) is 0 Å². The van der Waals surface area contributed by atoms with Crippen LogP contribution >= 0.6 is 12.4 Å². The first kappa shape index (κ1) is 48.5. The Bertz CT molecular complexity index is 943. The van der Waals surface area contributed by atoms with E-state index in [4.69, 9.17) is 38.9 Å². The van der Waals surface area contributed by atoms with Gasteiger partial charge in [-0.1, -0.05) is 54.4 Å². The predicted molar refractivity (Wildman–Crippen MR) is 197 cm³/mol. The summed E-state index contributed by atoms with van der Waals surface area (Å²) < 4.78 is 40.0. The molecule has 2 rings (SSSR count). The van der Waals surface area contributed by atoms with Crippen LogP contribution in [0.4, 0.5) is 0 Å². The first-order valence-electron chi connectivity index (χ1n) is 18.8. The van der Waals surface area contributed by atoms with Gasteiger partial charge in [-0.2, -0.15) is 0 Å². The lowest BCUT2D eigenvalue weighted by Gasteiger charge is -2.34. The van der Waals surface area contributed by atoms with E-state index in [1.165, 1.54) is 0 Å². The molecular formula is C38H72ClNO10. The first-order valence-corrected chi connectivity index (χ1v) is 18.8. The van der Waals surface area contributed by atoms with Crippen molar-refractivity contribution >= 4 is 30.3 Å². The quantitative estimate of drug-likeness (QED) is 0.169. The highest BCUT2D eigenvalue weighted by Gasteiger charge is 2.35. The molecular weight excluding hydrogens is 666 g/mol. The van der Waals surface area contributed by atoms with Crippen LogP contribution < -0.4 is 5.73 Å². The second-order valence-corrected chi connectivity index (χ2v) is 15.6. The topological polar surface area (TPSA) is 142 Å². The van der Waals surface area contributed by atoms with Gasteiger partial charge in [0.25, 0.3) is 0 Å². The molecule has 2 fully saturated rings. The van der Waals surface area contributed by atoms with Crippen molar-refractivity contribution < 1.29 is 47.5 Å². The highest BCUT2D eigenvalue weighted by molar-refractivity contribution is 5.85. The summed E-state index contributed by atoms with van der Waals surface area (Å²) in [5.74, 6) is -0.447. The minimum absolute atomic E-state index is 0. The molecule has 0 amide bonds.